The Morgan fingerprint density at radius 2 is 2.05 bits per heavy atom. The molecule has 0 fully saturated rings. The van der Waals surface area contributed by atoms with Crippen LogP contribution in [0.4, 0.5) is 4.39 Å². The first-order chi connectivity index (χ1) is 10.0. The highest BCUT2D eigenvalue weighted by Crippen LogP contribution is 2.35. The highest BCUT2D eigenvalue weighted by Gasteiger charge is 2.23. The van der Waals surface area contributed by atoms with Gasteiger partial charge in [0.2, 0.25) is 0 Å². The van der Waals surface area contributed by atoms with E-state index in [1.807, 2.05) is 23.6 Å². The quantitative estimate of drug-likeness (QED) is 0.780. The summed E-state index contributed by atoms with van der Waals surface area (Å²) in [4.78, 5) is 4.49. The summed E-state index contributed by atoms with van der Waals surface area (Å²) in [6.07, 6.45) is 0. The smallest absolute Gasteiger partial charge is 0.141 e. The second-order valence-electron chi connectivity index (χ2n) is 5.15. The number of aromatic nitrogens is 1. The largest absolute Gasteiger partial charge is 0.383 e. The molecule has 0 aliphatic heterocycles. The van der Waals surface area contributed by atoms with Crippen LogP contribution < -0.4 is 5.73 Å². The van der Waals surface area contributed by atoms with E-state index in [1.165, 1.54) is 17.4 Å². The van der Waals surface area contributed by atoms with E-state index in [0.717, 1.165) is 10.9 Å². The molecule has 2 heterocycles. The van der Waals surface area contributed by atoms with Crippen molar-refractivity contribution in [3.8, 4) is 11.3 Å². The third-order valence-electron chi connectivity index (χ3n) is 3.53. The van der Waals surface area contributed by atoms with Crippen LogP contribution in [0.25, 0.3) is 21.3 Å². The molecule has 5 heteroatoms. The van der Waals surface area contributed by atoms with Gasteiger partial charge in [-0.25, -0.2) is 9.37 Å². The zero-order valence-electron chi connectivity index (χ0n) is 11.5. The fourth-order valence-electron chi connectivity index (χ4n) is 2.21. The van der Waals surface area contributed by atoms with Gasteiger partial charge < -0.3 is 10.8 Å². The first kappa shape index (κ1) is 14.1. The summed E-state index contributed by atoms with van der Waals surface area (Å²) in [6, 6.07) is 10.4. The van der Waals surface area contributed by atoms with Crippen molar-refractivity contribution in [3.63, 3.8) is 0 Å². The lowest BCUT2D eigenvalue weighted by atomic mass is 10.0. The molecule has 0 saturated carbocycles. The summed E-state index contributed by atoms with van der Waals surface area (Å²) >= 11 is 1.35. The highest BCUT2D eigenvalue weighted by molar-refractivity contribution is 7.17. The fourth-order valence-corrected chi connectivity index (χ4v) is 3.18. The van der Waals surface area contributed by atoms with Crippen LogP contribution in [0.5, 0.6) is 0 Å². The van der Waals surface area contributed by atoms with Crippen molar-refractivity contribution in [1.82, 2.24) is 4.98 Å². The maximum absolute atomic E-state index is 13.8. The van der Waals surface area contributed by atoms with Gasteiger partial charge in [-0.15, -0.1) is 11.3 Å². The van der Waals surface area contributed by atoms with Crippen molar-refractivity contribution in [2.75, 3.05) is 6.54 Å². The predicted molar refractivity (Wildman–Crippen MR) is 83.6 cm³/mol. The SMILES string of the molecule is CC(O)(CN)c1cccc(-c2csc3c(F)cccc23)n1. The molecule has 0 bridgehead atoms. The molecule has 3 rings (SSSR count). The fraction of sp³-hybridized carbons (Fsp3) is 0.188. The van der Waals surface area contributed by atoms with Crippen molar-refractivity contribution in [2.24, 2.45) is 5.73 Å². The summed E-state index contributed by atoms with van der Waals surface area (Å²) in [5.41, 5.74) is 6.49. The summed E-state index contributed by atoms with van der Waals surface area (Å²) in [5, 5.41) is 12.9. The molecule has 108 valence electrons. The van der Waals surface area contributed by atoms with E-state index in [4.69, 9.17) is 5.73 Å². The molecular formula is C16H15FN2OS. The van der Waals surface area contributed by atoms with Gasteiger partial charge in [0.15, 0.2) is 0 Å². The number of aliphatic hydroxyl groups is 1. The molecule has 0 saturated heterocycles. The molecule has 0 spiro atoms. The Morgan fingerprint density at radius 1 is 1.29 bits per heavy atom. The summed E-state index contributed by atoms with van der Waals surface area (Å²) in [7, 11) is 0. The number of benzene rings is 1. The molecule has 1 unspecified atom stereocenters. The van der Waals surface area contributed by atoms with Crippen molar-refractivity contribution in [2.45, 2.75) is 12.5 Å². The van der Waals surface area contributed by atoms with E-state index in [9.17, 15) is 9.50 Å². The second kappa shape index (κ2) is 5.18. The average molecular weight is 302 g/mol. The van der Waals surface area contributed by atoms with Crippen LogP contribution in [-0.4, -0.2) is 16.6 Å². The maximum atomic E-state index is 13.8. The third kappa shape index (κ3) is 2.44. The number of fused-ring (bicyclic) bond motifs is 1. The van der Waals surface area contributed by atoms with E-state index in [2.05, 4.69) is 4.98 Å². The average Bonchev–Trinajstić information content (AvgIpc) is 2.93. The maximum Gasteiger partial charge on any atom is 0.141 e. The van der Waals surface area contributed by atoms with E-state index in [1.54, 1.807) is 19.1 Å². The number of nitrogens with zero attached hydrogens (tertiary/aromatic N) is 1. The third-order valence-corrected chi connectivity index (χ3v) is 4.53. The molecule has 0 amide bonds. The van der Waals surface area contributed by atoms with Crippen LogP contribution in [0, 0.1) is 5.82 Å². The highest BCUT2D eigenvalue weighted by atomic mass is 32.1. The summed E-state index contributed by atoms with van der Waals surface area (Å²) in [6.45, 7) is 1.72. The number of nitrogens with two attached hydrogens (primary N) is 1. The predicted octanol–water partition coefficient (Wildman–Crippen LogP) is 3.27. The van der Waals surface area contributed by atoms with Crippen LogP contribution in [0.1, 0.15) is 12.6 Å². The number of hydrogen-bond acceptors (Lipinski definition) is 4. The topological polar surface area (TPSA) is 59.1 Å². The van der Waals surface area contributed by atoms with Crippen LogP contribution in [0.2, 0.25) is 0 Å². The number of rotatable bonds is 3. The zero-order valence-corrected chi connectivity index (χ0v) is 12.3. The van der Waals surface area contributed by atoms with Gasteiger partial charge in [0.05, 0.1) is 16.1 Å². The zero-order chi connectivity index (χ0) is 15.0. The van der Waals surface area contributed by atoms with Gasteiger partial charge in [0, 0.05) is 22.9 Å². The lowest BCUT2D eigenvalue weighted by molar-refractivity contribution is 0.0623. The Labute approximate surface area is 125 Å². The Morgan fingerprint density at radius 3 is 2.81 bits per heavy atom. The first-order valence-electron chi connectivity index (χ1n) is 6.59. The number of hydrogen-bond donors (Lipinski definition) is 2. The van der Waals surface area contributed by atoms with Crippen molar-refractivity contribution >= 4 is 21.4 Å². The Kier molecular flexibility index (Phi) is 3.49. The molecule has 21 heavy (non-hydrogen) atoms. The van der Waals surface area contributed by atoms with E-state index in [0.29, 0.717) is 16.1 Å². The van der Waals surface area contributed by atoms with Crippen molar-refractivity contribution in [3.05, 3.63) is 53.3 Å². The first-order valence-corrected chi connectivity index (χ1v) is 7.47. The van der Waals surface area contributed by atoms with Crippen LogP contribution >= 0.6 is 11.3 Å². The Hall–Kier alpha value is -1.82. The molecule has 0 aliphatic carbocycles. The minimum atomic E-state index is -1.17. The Bertz CT molecular complexity index is 798. The number of halogens is 1. The molecule has 1 atom stereocenters. The van der Waals surface area contributed by atoms with Gasteiger partial charge in [-0.1, -0.05) is 18.2 Å². The van der Waals surface area contributed by atoms with Gasteiger partial charge in [0.1, 0.15) is 11.4 Å². The molecule has 0 radical (unpaired) electrons. The van der Waals surface area contributed by atoms with E-state index >= 15 is 0 Å². The number of pyridine rings is 1. The van der Waals surface area contributed by atoms with Gasteiger partial charge in [-0.05, 0) is 25.1 Å². The lowest BCUT2D eigenvalue weighted by Gasteiger charge is -2.20. The van der Waals surface area contributed by atoms with Crippen molar-refractivity contribution < 1.29 is 9.50 Å². The molecule has 1 aromatic carbocycles. The van der Waals surface area contributed by atoms with Gasteiger partial charge in [-0.2, -0.15) is 0 Å². The minimum Gasteiger partial charge on any atom is -0.383 e. The van der Waals surface area contributed by atoms with Crippen LogP contribution in [0.15, 0.2) is 41.8 Å². The Balaban J connectivity index is 2.16. The van der Waals surface area contributed by atoms with Gasteiger partial charge >= 0.3 is 0 Å². The normalized spacial score (nSPS) is 14.3. The molecular weight excluding hydrogens is 287 g/mol. The van der Waals surface area contributed by atoms with E-state index in [-0.39, 0.29) is 12.4 Å². The van der Waals surface area contributed by atoms with Crippen molar-refractivity contribution in [1.29, 1.82) is 0 Å². The number of thiophene rings is 1. The van der Waals surface area contributed by atoms with Gasteiger partial charge in [0.25, 0.3) is 0 Å². The molecule has 0 aliphatic rings. The standard InChI is InChI=1S/C16H15FN2OS/c1-16(20,9-18)14-7-3-6-13(19-14)11-8-21-15-10(11)4-2-5-12(15)17/h2-8,20H,9,18H2,1H3. The van der Waals surface area contributed by atoms with Gasteiger partial charge in [-0.3, -0.25) is 0 Å². The van der Waals surface area contributed by atoms with Crippen LogP contribution in [0.3, 0.4) is 0 Å². The molecule has 3 N–H and O–H groups in total. The minimum absolute atomic E-state index is 0.0858. The van der Waals surface area contributed by atoms with E-state index < -0.39 is 5.60 Å². The molecule has 3 aromatic rings. The summed E-state index contributed by atoms with van der Waals surface area (Å²) in [5.74, 6) is -0.228. The van der Waals surface area contributed by atoms with Crippen LogP contribution in [-0.2, 0) is 5.60 Å². The lowest BCUT2D eigenvalue weighted by Crippen LogP contribution is -2.32. The second-order valence-corrected chi connectivity index (χ2v) is 6.03. The summed E-state index contributed by atoms with van der Waals surface area (Å²) < 4.78 is 14.4. The monoisotopic (exact) mass is 302 g/mol. The molecule has 2 aromatic heterocycles. The molecule has 3 nitrogen and oxygen atoms in total.